The summed E-state index contributed by atoms with van der Waals surface area (Å²) in [6.07, 6.45) is 0. The van der Waals surface area contributed by atoms with E-state index in [9.17, 15) is 9.65 Å². The first kappa shape index (κ1) is 15.0. The third-order valence-corrected chi connectivity index (χ3v) is 3.55. The Bertz CT molecular complexity index is 702. The number of rotatable bonds is 3. The lowest BCUT2D eigenvalue weighted by Gasteiger charge is -2.25. The molecule has 2 N–H and O–H groups in total. The van der Waals surface area contributed by atoms with Gasteiger partial charge in [0, 0.05) is 18.8 Å². The Morgan fingerprint density at radius 3 is 2.52 bits per heavy atom. The monoisotopic (exact) mass is 283 g/mol. The van der Waals surface area contributed by atoms with E-state index in [-0.39, 0.29) is 11.9 Å². The Morgan fingerprint density at radius 1 is 1.24 bits per heavy atom. The maximum absolute atomic E-state index is 13.8. The van der Waals surface area contributed by atoms with Crippen molar-refractivity contribution in [2.24, 2.45) is 5.73 Å². The fraction of sp³-hybridized carbons (Fsp3) is 0.235. The summed E-state index contributed by atoms with van der Waals surface area (Å²) in [5.41, 5.74) is 9.38. The highest BCUT2D eigenvalue weighted by Crippen LogP contribution is 2.33. The van der Waals surface area contributed by atoms with E-state index >= 15 is 0 Å². The molecule has 4 heteroatoms. The van der Waals surface area contributed by atoms with Gasteiger partial charge in [-0.05, 0) is 49.2 Å². The van der Waals surface area contributed by atoms with Crippen LogP contribution in [0.5, 0.6) is 0 Å². The quantitative estimate of drug-likeness (QED) is 0.932. The molecule has 0 heterocycles. The van der Waals surface area contributed by atoms with Crippen LogP contribution in [0.15, 0.2) is 36.4 Å². The van der Waals surface area contributed by atoms with Gasteiger partial charge in [0.25, 0.3) is 0 Å². The van der Waals surface area contributed by atoms with Crippen LogP contribution in [0.1, 0.15) is 29.7 Å². The van der Waals surface area contributed by atoms with Crippen molar-refractivity contribution < 1.29 is 4.39 Å². The number of hydrogen-bond donors (Lipinski definition) is 1. The van der Waals surface area contributed by atoms with E-state index in [1.807, 2.05) is 37.1 Å². The van der Waals surface area contributed by atoms with Crippen molar-refractivity contribution in [1.29, 1.82) is 5.26 Å². The molecule has 2 rings (SSSR count). The van der Waals surface area contributed by atoms with Gasteiger partial charge in [0.2, 0.25) is 0 Å². The van der Waals surface area contributed by atoms with E-state index < -0.39 is 0 Å². The molecule has 2 aromatic rings. The molecular formula is C17H18FN3. The number of aryl methyl sites for hydroxylation is 1. The molecule has 0 bridgehead atoms. The van der Waals surface area contributed by atoms with E-state index in [0.29, 0.717) is 16.7 Å². The van der Waals surface area contributed by atoms with Crippen molar-refractivity contribution in [2.45, 2.75) is 19.9 Å². The lowest BCUT2D eigenvalue weighted by atomic mass is 10.0. The molecule has 0 spiro atoms. The van der Waals surface area contributed by atoms with Crippen molar-refractivity contribution in [3.05, 3.63) is 58.9 Å². The van der Waals surface area contributed by atoms with Crippen LogP contribution in [0.3, 0.4) is 0 Å². The zero-order valence-corrected chi connectivity index (χ0v) is 12.4. The van der Waals surface area contributed by atoms with Gasteiger partial charge >= 0.3 is 0 Å². The van der Waals surface area contributed by atoms with Gasteiger partial charge in [0.1, 0.15) is 11.9 Å². The van der Waals surface area contributed by atoms with Crippen LogP contribution in [0, 0.1) is 24.1 Å². The average molecular weight is 283 g/mol. The van der Waals surface area contributed by atoms with E-state index in [1.54, 1.807) is 19.1 Å². The first-order valence-electron chi connectivity index (χ1n) is 6.74. The zero-order valence-electron chi connectivity index (χ0n) is 12.4. The molecule has 0 aliphatic carbocycles. The highest BCUT2D eigenvalue weighted by molar-refractivity contribution is 5.71. The molecular weight excluding hydrogens is 265 g/mol. The van der Waals surface area contributed by atoms with E-state index in [4.69, 9.17) is 5.73 Å². The van der Waals surface area contributed by atoms with Gasteiger partial charge in [-0.25, -0.2) is 4.39 Å². The van der Waals surface area contributed by atoms with E-state index in [2.05, 4.69) is 6.07 Å². The van der Waals surface area contributed by atoms with Crippen LogP contribution in [-0.2, 0) is 0 Å². The van der Waals surface area contributed by atoms with Gasteiger partial charge in [-0.1, -0.05) is 12.1 Å². The minimum Gasteiger partial charge on any atom is -0.343 e. The van der Waals surface area contributed by atoms with Gasteiger partial charge in [-0.15, -0.1) is 0 Å². The zero-order chi connectivity index (χ0) is 15.6. The average Bonchev–Trinajstić information content (AvgIpc) is 2.48. The maximum atomic E-state index is 13.8. The maximum Gasteiger partial charge on any atom is 0.126 e. The molecule has 108 valence electrons. The molecule has 0 amide bonds. The van der Waals surface area contributed by atoms with Crippen LogP contribution >= 0.6 is 0 Å². The van der Waals surface area contributed by atoms with Crippen LogP contribution in [0.4, 0.5) is 15.8 Å². The molecule has 0 saturated carbocycles. The van der Waals surface area contributed by atoms with Crippen molar-refractivity contribution in [3.63, 3.8) is 0 Å². The lowest BCUT2D eigenvalue weighted by Crippen LogP contribution is -2.17. The Hall–Kier alpha value is -2.38. The SMILES string of the molecule is Cc1cc(N(C)c2ccccc2C#N)c(C(C)N)cc1F. The first-order chi connectivity index (χ1) is 9.95. The molecule has 0 aliphatic rings. The van der Waals surface area contributed by atoms with Gasteiger partial charge in [-0.2, -0.15) is 5.26 Å². The number of benzene rings is 2. The van der Waals surface area contributed by atoms with Crippen LogP contribution in [0.2, 0.25) is 0 Å². The van der Waals surface area contributed by atoms with Crippen LogP contribution in [0.25, 0.3) is 0 Å². The number of halogens is 1. The molecule has 0 aliphatic heterocycles. The summed E-state index contributed by atoms with van der Waals surface area (Å²) in [6.45, 7) is 3.53. The molecule has 1 atom stereocenters. The Morgan fingerprint density at radius 2 is 1.90 bits per heavy atom. The van der Waals surface area contributed by atoms with Crippen molar-refractivity contribution >= 4 is 11.4 Å². The third-order valence-electron chi connectivity index (χ3n) is 3.55. The molecule has 21 heavy (non-hydrogen) atoms. The topological polar surface area (TPSA) is 53.0 Å². The second kappa shape index (κ2) is 5.94. The number of nitriles is 1. The van der Waals surface area contributed by atoms with E-state index in [0.717, 1.165) is 11.4 Å². The lowest BCUT2D eigenvalue weighted by molar-refractivity contribution is 0.613. The van der Waals surface area contributed by atoms with Gasteiger partial charge in [0.15, 0.2) is 0 Å². The fourth-order valence-corrected chi connectivity index (χ4v) is 2.33. The smallest absolute Gasteiger partial charge is 0.126 e. The Labute approximate surface area is 124 Å². The number of anilines is 2. The molecule has 0 aromatic heterocycles. The van der Waals surface area contributed by atoms with Crippen molar-refractivity contribution in [1.82, 2.24) is 0 Å². The largest absolute Gasteiger partial charge is 0.343 e. The highest BCUT2D eigenvalue weighted by atomic mass is 19.1. The van der Waals surface area contributed by atoms with Gasteiger partial charge in [-0.3, -0.25) is 0 Å². The molecule has 1 unspecified atom stereocenters. The van der Waals surface area contributed by atoms with Crippen LogP contribution in [-0.4, -0.2) is 7.05 Å². The van der Waals surface area contributed by atoms with Gasteiger partial charge < -0.3 is 10.6 Å². The predicted molar refractivity (Wildman–Crippen MR) is 83.0 cm³/mol. The number of nitrogens with two attached hydrogens (primary N) is 1. The number of nitrogens with zero attached hydrogens (tertiary/aromatic N) is 2. The molecule has 0 saturated heterocycles. The minimum atomic E-state index is -0.299. The summed E-state index contributed by atoms with van der Waals surface area (Å²) in [5.74, 6) is -0.270. The fourth-order valence-electron chi connectivity index (χ4n) is 2.33. The number of hydrogen-bond acceptors (Lipinski definition) is 3. The van der Waals surface area contributed by atoms with Crippen LogP contribution < -0.4 is 10.6 Å². The van der Waals surface area contributed by atoms with Crippen molar-refractivity contribution in [2.75, 3.05) is 11.9 Å². The Kier molecular flexibility index (Phi) is 4.25. The summed E-state index contributed by atoms with van der Waals surface area (Å²) in [4.78, 5) is 1.88. The predicted octanol–water partition coefficient (Wildman–Crippen LogP) is 3.79. The van der Waals surface area contributed by atoms with E-state index in [1.165, 1.54) is 6.07 Å². The number of para-hydroxylation sites is 1. The van der Waals surface area contributed by atoms with Gasteiger partial charge in [0.05, 0.1) is 11.3 Å². The Balaban J connectivity index is 2.60. The summed E-state index contributed by atoms with van der Waals surface area (Å²) >= 11 is 0. The molecule has 2 aromatic carbocycles. The normalized spacial score (nSPS) is 11.8. The highest BCUT2D eigenvalue weighted by Gasteiger charge is 2.17. The standard InChI is InChI=1S/C17H18FN3/c1-11-8-17(14(12(2)20)9-15(11)18)21(3)16-7-5-4-6-13(16)10-19/h4-9,12H,20H2,1-3H3. The first-order valence-corrected chi connectivity index (χ1v) is 6.74. The summed E-state index contributed by atoms with van der Waals surface area (Å²) in [6, 6.07) is 12.4. The minimum absolute atomic E-state index is 0.270. The third kappa shape index (κ3) is 2.88. The second-order valence-electron chi connectivity index (χ2n) is 5.14. The van der Waals surface area contributed by atoms with Crippen molar-refractivity contribution in [3.8, 4) is 6.07 Å². The molecule has 3 nitrogen and oxygen atoms in total. The summed E-state index contributed by atoms with van der Waals surface area (Å²) in [7, 11) is 1.86. The summed E-state index contributed by atoms with van der Waals surface area (Å²) < 4.78 is 13.8. The summed E-state index contributed by atoms with van der Waals surface area (Å²) in [5, 5.41) is 9.23. The molecule has 0 radical (unpaired) electrons. The second-order valence-corrected chi connectivity index (χ2v) is 5.14. The molecule has 0 fully saturated rings.